The summed E-state index contributed by atoms with van der Waals surface area (Å²) in [4.78, 5) is 16.3. The molecule has 0 aliphatic heterocycles. The maximum atomic E-state index is 11.6. The Bertz CT molecular complexity index is 401. The topological polar surface area (TPSA) is 30.0 Å². The third-order valence-corrected chi connectivity index (χ3v) is 2.77. The Hall–Kier alpha value is -1.18. The van der Waals surface area contributed by atoms with Gasteiger partial charge >= 0.3 is 0 Å². The summed E-state index contributed by atoms with van der Waals surface area (Å²) in [6.07, 6.45) is 0. The fourth-order valence-electron chi connectivity index (χ4n) is 1.50. The number of rotatable bonds is 1. The van der Waals surface area contributed by atoms with Crippen LogP contribution in [0.1, 0.15) is 70.2 Å². The van der Waals surface area contributed by atoms with Crippen molar-refractivity contribution in [1.29, 1.82) is 0 Å². The van der Waals surface area contributed by atoms with Crippen LogP contribution in [0.4, 0.5) is 0 Å². The lowest BCUT2D eigenvalue weighted by molar-refractivity contribution is 0.101. The van der Waals surface area contributed by atoms with Crippen molar-refractivity contribution in [3.05, 3.63) is 29.1 Å². The van der Waals surface area contributed by atoms with Gasteiger partial charge in [0, 0.05) is 27.8 Å². The van der Waals surface area contributed by atoms with Gasteiger partial charge in [-0.1, -0.05) is 41.5 Å². The van der Waals surface area contributed by atoms with E-state index in [0.717, 1.165) is 17.0 Å². The number of Topliss-reactive ketones (excluding diaryl/α,β-unsaturated/α-hetero) is 1. The van der Waals surface area contributed by atoms with Gasteiger partial charge in [-0.05, 0) is 19.1 Å². The second kappa shape index (κ2) is 4.25. The van der Waals surface area contributed by atoms with E-state index in [9.17, 15) is 4.79 Å². The molecule has 2 heteroatoms. The number of ketones is 1. The Kier molecular flexibility index (Phi) is 3.47. The third-order valence-electron chi connectivity index (χ3n) is 2.77. The molecule has 1 aromatic rings. The summed E-state index contributed by atoms with van der Waals surface area (Å²) in [6.45, 7) is 14.3. The molecule has 17 heavy (non-hydrogen) atoms. The molecule has 0 spiro atoms. The summed E-state index contributed by atoms with van der Waals surface area (Å²) < 4.78 is 0. The van der Waals surface area contributed by atoms with Gasteiger partial charge in [-0.3, -0.25) is 9.78 Å². The van der Waals surface area contributed by atoms with Crippen LogP contribution in [0, 0.1) is 0 Å². The van der Waals surface area contributed by atoms with Crippen molar-refractivity contribution in [3.8, 4) is 0 Å². The lowest BCUT2D eigenvalue weighted by atomic mass is 9.86. The van der Waals surface area contributed by atoms with Crippen LogP contribution in [0.25, 0.3) is 0 Å². The smallest absolute Gasteiger partial charge is 0.159 e. The summed E-state index contributed by atoms with van der Waals surface area (Å²) in [5.74, 6) is 0.100. The first kappa shape index (κ1) is 13.9. The highest BCUT2D eigenvalue weighted by atomic mass is 16.1. The van der Waals surface area contributed by atoms with Gasteiger partial charge in [0.25, 0.3) is 0 Å². The Labute approximate surface area is 104 Å². The lowest BCUT2D eigenvalue weighted by Crippen LogP contribution is -2.21. The molecule has 2 nitrogen and oxygen atoms in total. The van der Waals surface area contributed by atoms with Crippen molar-refractivity contribution in [3.63, 3.8) is 0 Å². The zero-order chi connectivity index (χ0) is 13.4. The summed E-state index contributed by atoms with van der Waals surface area (Å²) in [7, 11) is 0. The fraction of sp³-hybridized carbons (Fsp3) is 0.600. The number of hydrogen-bond donors (Lipinski definition) is 0. The molecule has 0 unspecified atom stereocenters. The second-order valence-electron chi connectivity index (χ2n) is 6.68. The van der Waals surface area contributed by atoms with E-state index in [2.05, 4.69) is 41.5 Å². The van der Waals surface area contributed by atoms with Gasteiger partial charge in [0.1, 0.15) is 0 Å². The van der Waals surface area contributed by atoms with E-state index in [1.54, 1.807) is 6.92 Å². The van der Waals surface area contributed by atoms with Crippen molar-refractivity contribution in [2.45, 2.75) is 59.3 Å². The van der Waals surface area contributed by atoms with Crippen molar-refractivity contribution in [1.82, 2.24) is 4.98 Å². The molecule has 0 N–H and O–H groups in total. The zero-order valence-electron chi connectivity index (χ0n) is 12.0. The van der Waals surface area contributed by atoms with E-state index in [1.165, 1.54) is 0 Å². The minimum atomic E-state index is -0.0362. The maximum absolute atomic E-state index is 11.6. The van der Waals surface area contributed by atoms with E-state index in [1.807, 2.05) is 12.1 Å². The Morgan fingerprint density at radius 3 is 1.53 bits per heavy atom. The van der Waals surface area contributed by atoms with Crippen LogP contribution in [-0.4, -0.2) is 10.8 Å². The summed E-state index contributed by atoms with van der Waals surface area (Å²) in [6, 6.07) is 3.83. The van der Waals surface area contributed by atoms with E-state index < -0.39 is 0 Å². The van der Waals surface area contributed by atoms with Crippen LogP contribution in [0.2, 0.25) is 0 Å². The maximum Gasteiger partial charge on any atom is 0.159 e. The minimum Gasteiger partial charge on any atom is -0.295 e. The molecule has 0 aliphatic rings. The van der Waals surface area contributed by atoms with Crippen LogP contribution >= 0.6 is 0 Å². The molecular formula is C15H23NO. The molecule has 0 saturated heterocycles. The summed E-state index contributed by atoms with van der Waals surface area (Å²) in [5, 5.41) is 0. The molecule has 0 aliphatic carbocycles. The SMILES string of the molecule is CC(=O)c1cc(C(C)(C)C)nc(C(C)(C)C)c1. The molecule has 0 aromatic carbocycles. The molecule has 0 amide bonds. The van der Waals surface area contributed by atoms with E-state index in [0.29, 0.717) is 0 Å². The normalized spacial score (nSPS) is 12.6. The number of carbonyl (C=O) groups is 1. The van der Waals surface area contributed by atoms with Crippen molar-refractivity contribution < 1.29 is 4.79 Å². The standard InChI is InChI=1S/C15H23NO/c1-10(17)11-8-12(14(2,3)4)16-13(9-11)15(5,6)7/h8-9H,1-7H3. The molecular weight excluding hydrogens is 210 g/mol. The van der Waals surface area contributed by atoms with Crippen molar-refractivity contribution in [2.75, 3.05) is 0 Å². The molecule has 0 bridgehead atoms. The predicted molar refractivity (Wildman–Crippen MR) is 71.6 cm³/mol. The largest absolute Gasteiger partial charge is 0.295 e. The van der Waals surface area contributed by atoms with Crippen molar-refractivity contribution >= 4 is 5.78 Å². The van der Waals surface area contributed by atoms with E-state index >= 15 is 0 Å². The van der Waals surface area contributed by atoms with Crippen LogP contribution in [0.15, 0.2) is 12.1 Å². The molecule has 1 aromatic heterocycles. The first-order valence-electron chi connectivity index (χ1n) is 6.06. The van der Waals surface area contributed by atoms with E-state index in [4.69, 9.17) is 4.98 Å². The monoisotopic (exact) mass is 233 g/mol. The Morgan fingerprint density at radius 1 is 0.941 bits per heavy atom. The summed E-state index contributed by atoms with van der Waals surface area (Å²) in [5.41, 5.74) is 2.65. The zero-order valence-corrected chi connectivity index (χ0v) is 12.0. The highest BCUT2D eigenvalue weighted by Gasteiger charge is 2.22. The van der Waals surface area contributed by atoms with E-state index in [-0.39, 0.29) is 16.6 Å². The molecule has 1 heterocycles. The molecule has 0 atom stereocenters. The fourth-order valence-corrected chi connectivity index (χ4v) is 1.50. The predicted octanol–water partition coefficient (Wildman–Crippen LogP) is 3.88. The Balaban J connectivity index is 3.45. The van der Waals surface area contributed by atoms with Gasteiger partial charge in [-0.15, -0.1) is 0 Å². The Morgan fingerprint density at radius 2 is 1.29 bits per heavy atom. The molecule has 1 rings (SSSR count). The molecule has 0 radical (unpaired) electrons. The highest BCUT2D eigenvalue weighted by molar-refractivity contribution is 5.94. The van der Waals surface area contributed by atoms with Crippen LogP contribution in [0.5, 0.6) is 0 Å². The average Bonchev–Trinajstić information content (AvgIpc) is 2.14. The number of pyridine rings is 1. The molecule has 0 saturated carbocycles. The lowest BCUT2D eigenvalue weighted by Gasteiger charge is -2.24. The van der Waals surface area contributed by atoms with Crippen LogP contribution in [-0.2, 0) is 10.8 Å². The van der Waals surface area contributed by atoms with Gasteiger partial charge in [-0.25, -0.2) is 0 Å². The van der Waals surface area contributed by atoms with Crippen molar-refractivity contribution in [2.24, 2.45) is 0 Å². The second-order valence-corrected chi connectivity index (χ2v) is 6.68. The first-order valence-corrected chi connectivity index (χ1v) is 6.06. The number of nitrogens with zero attached hydrogens (tertiary/aromatic N) is 1. The third kappa shape index (κ3) is 3.39. The molecule has 0 fully saturated rings. The number of aromatic nitrogens is 1. The van der Waals surface area contributed by atoms with Crippen LogP contribution in [0.3, 0.4) is 0 Å². The minimum absolute atomic E-state index is 0.0362. The number of hydrogen-bond acceptors (Lipinski definition) is 2. The van der Waals surface area contributed by atoms with Gasteiger partial charge in [0.15, 0.2) is 5.78 Å². The van der Waals surface area contributed by atoms with Crippen LogP contribution < -0.4 is 0 Å². The van der Waals surface area contributed by atoms with Gasteiger partial charge in [0.05, 0.1) is 0 Å². The van der Waals surface area contributed by atoms with Gasteiger partial charge in [0.2, 0.25) is 0 Å². The average molecular weight is 233 g/mol. The molecule has 94 valence electrons. The highest BCUT2D eigenvalue weighted by Crippen LogP contribution is 2.27. The van der Waals surface area contributed by atoms with Gasteiger partial charge < -0.3 is 0 Å². The summed E-state index contributed by atoms with van der Waals surface area (Å²) >= 11 is 0. The quantitative estimate of drug-likeness (QED) is 0.689. The van der Waals surface area contributed by atoms with Gasteiger partial charge in [-0.2, -0.15) is 0 Å². The number of carbonyl (C=O) groups excluding carboxylic acids is 1. The first-order chi connectivity index (χ1) is 7.51.